The van der Waals surface area contributed by atoms with E-state index in [0.29, 0.717) is 22.3 Å². The normalized spacial score (nSPS) is 17.1. The van der Waals surface area contributed by atoms with Crippen LogP contribution in [0.1, 0.15) is 59.3 Å². The van der Waals surface area contributed by atoms with Crippen molar-refractivity contribution in [1.29, 1.82) is 0 Å². The maximum atomic E-state index is 12.9. The van der Waals surface area contributed by atoms with Crippen molar-refractivity contribution in [3.8, 4) is 0 Å². The molecule has 36 heavy (non-hydrogen) atoms. The molecule has 2 aliphatic heterocycles. The van der Waals surface area contributed by atoms with E-state index in [1.807, 2.05) is 13.8 Å². The minimum atomic E-state index is -4.52. The van der Waals surface area contributed by atoms with Gasteiger partial charge in [-0.05, 0) is 48.2 Å². The number of hydrogen-bond donors (Lipinski definition) is 3. The molecule has 1 atom stereocenters. The van der Waals surface area contributed by atoms with Crippen molar-refractivity contribution in [2.45, 2.75) is 58.9 Å². The lowest BCUT2D eigenvalue weighted by molar-refractivity contribution is -0.138. The number of benzene rings is 2. The summed E-state index contributed by atoms with van der Waals surface area (Å²) in [6.07, 6.45) is -4.11. The van der Waals surface area contributed by atoms with Crippen LogP contribution >= 0.6 is 0 Å². The minimum Gasteiger partial charge on any atom is -0.334 e. The van der Waals surface area contributed by atoms with Gasteiger partial charge in [-0.2, -0.15) is 13.2 Å². The van der Waals surface area contributed by atoms with E-state index in [1.165, 1.54) is 11.0 Å². The Labute approximate surface area is 206 Å². The van der Waals surface area contributed by atoms with Crippen LogP contribution in [0.3, 0.4) is 0 Å². The number of piperidine rings is 1. The number of carbonyl (C=O) groups excluding carboxylic acids is 4. The lowest BCUT2D eigenvalue weighted by atomic mass is 10.0. The number of anilines is 1. The highest BCUT2D eigenvalue weighted by Gasteiger charge is 2.39. The van der Waals surface area contributed by atoms with Gasteiger partial charge in [0.2, 0.25) is 11.8 Å². The molecule has 4 rings (SSSR count). The van der Waals surface area contributed by atoms with E-state index in [9.17, 15) is 32.3 Å². The molecular weight excluding hydrogens is 477 g/mol. The number of hydrogen-bond acceptors (Lipinski definition) is 4. The van der Waals surface area contributed by atoms with E-state index in [4.69, 9.17) is 0 Å². The number of aryl methyl sites for hydroxylation is 1. The summed E-state index contributed by atoms with van der Waals surface area (Å²) >= 11 is 0. The minimum absolute atomic E-state index is 0.0479. The molecule has 0 saturated carbocycles. The van der Waals surface area contributed by atoms with Crippen molar-refractivity contribution in [3.05, 3.63) is 64.2 Å². The van der Waals surface area contributed by atoms with Gasteiger partial charge in [0.05, 0.1) is 5.56 Å². The van der Waals surface area contributed by atoms with E-state index in [-0.39, 0.29) is 43.4 Å². The third kappa shape index (κ3) is 5.84. The lowest BCUT2D eigenvalue weighted by Crippen LogP contribution is -2.52. The standard InChI is InChI=1S/C23H21F3N4O4.C2H6/c1-12-2-4-15(23(24,25)26)9-17(12)28-22(34)27-10-13-3-5-16-14(8-13)11-30(21(16)33)18-6-7-19(31)29-20(18)32;1-2/h2-5,8-9,18H,6-7,10-11H2,1H3,(H2,27,28,34)(H,29,31,32);1-2H3. The summed E-state index contributed by atoms with van der Waals surface area (Å²) in [4.78, 5) is 49.9. The number of urea groups is 1. The van der Waals surface area contributed by atoms with Crippen LogP contribution in [0.25, 0.3) is 0 Å². The van der Waals surface area contributed by atoms with E-state index in [1.54, 1.807) is 25.1 Å². The monoisotopic (exact) mass is 504 g/mol. The van der Waals surface area contributed by atoms with Crippen molar-refractivity contribution in [1.82, 2.24) is 15.5 Å². The zero-order valence-electron chi connectivity index (χ0n) is 20.1. The van der Waals surface area contributed by atoms with Crippen LogP contribution in [-0.2, 0) is 28.9 Å². The molecule has 5 amide bonds. The number of amides is 5. The summed E-state index contributed by atoms with van der Waals surface area (Å²) < 4.78 is 38.8. The molecule has 3 N–H and O–H groups in total. The van der Waals surface area contributed by atoms with Crippen molar-refractivity contribution in [3.63, 3.8) is 0 Å². The Morgan fingerprint density at radius 2 is 1.83 bits per heavy atom. The smallest absolute Gasteiger partial charge is 0.334 e. The second-order valence-corrected chi connectivity index (χ2v) is 8.23. The molecule has 2 heterocycles. The van der Waals surface area contributed by atoms with Gasteiger partial charge in [-0.15, -0.1) is 0 Å². The molecule has 1 fully saturated rings. The molecular formula is C25H27F3N4O4. The van der Waals surface area contributed by atoms with Gasteiger partial charge in [-0.1, -0.05) is 32.0 Å². The van der Waals surface area contributed by atoms with Gasteiger partial charge >= 0.3 is 12.2 Å². The number of nitrogens with zero attached hydrogens (tertiary/aromatic N) is 1. The molecule has 0 radical (unpaired) electrons. The first-order chi connectivity index (χ1) is 17.0. The van der Waals surface area contributed by atoms with Gasteiger partial charge in [0.15, 0.2) is 0 Å². The molecule has 0 bridgehead atoms. The number of alkyl halides is 3. The largest absolute Gasteiger partial charge is 0.416 e. The molecule has 192 valence electrons. The first-order valence-corrected chi connectivity index (χ1v) is 11.5. The van der Waals surface area contributed by atoms with Crippen LogP contribution in [0.15, 0.2) is 36.4 Å². The van der Waals surface area contributed by atoms with E-state index in [0.717, 1.165) is 12.1 Å². The number of nitrogens with one attached hydrogen (secondary N) is 3. The summed E-state index contributed by atoms with van der Waals surface area (Å²) in [6, 6.07) is 6.70. The Kier molecular flexibility index (Phi) is 8.01. The SMILES string of the molecule is CC.Cc1ccc(C(F)(F)F)cc1NC(=O)NCc1ccc2c(c1)CN(C1CCC(=O)NC1=O)C2=O. The molecule has 0 aliphatic carbocycles. The Hall–Kier alpha value is -3.89. The van der Waals surface area contributed by atoms with Gasteiger partial charge in [0.1, 0.15) is 6.04 Å². The van der Waals surface area contributed by atoms with Crippen LogP contribution in [-0.4, -0.2) is 34.7 Å². The lowest BCUT2D eigenvalue weighted by Gasteiger charge is -2.29. The summed E-state index contributed by atoms with van der Waals surface area (Å²) in [5.41, 5.74) is 1.46. The van der Waals surface area contributed by atoms with Crippen LogP contribution in [0.5, 0.6) is 0 Å². The van der Waals surface area contributed by atoms with Crippen molar-refractivity contribution in [2.75, 3.05) is 5.32 Å². The highest BCUT2D eigenvalue weighted by molar-refractivity contribution is 6.05. The van der Waals surface area contributed by atoms with Gasteiger partial charge in [-0.25, -0.2) is 4.79 Å². The fourth-order valence-corrected chi connectivity index (χ4v) is 4.02. The average Bonchev–Trinajstić information content (AvgIpc) is 3.15. The number of halogens is 3. The highest BCUT2D eigenvalue weighted by Crippen LogP contribution is 2.32. The van der Waals surface area contributed by atoms with Crippen LogP contribution < -0.4 is 16.0 Å². The van der Waals surface area contributed by atoms with E-state index >= 15 is 0 Å². The average molecular weight is 505 g/mol. The van der Waals surface area contributed by atoms with E-state index < -0.39 is 29.7 Å². The maximum absolute atomic E-state index is 12.9. The number of imide groups is 1. The molecule has 2 aliphatic rings. The quantitative estimate of drug-likeness (QED) is 0.545. The Balaban J connectivity index is 0.00000176. The van der Waals surface area contributed by atoms with Gasteiger partial charge in [0.25, 0.3) is 5.91 Å². The summed E-state index contributed by atoms with van der Waals surface area (Å²) in [7, 11) is 0. The van der Waals surface area contributed by atoms with Gasteiger partial charge in [-0.3, -0.25) is 19.7 Å². The van der Waals surface area contributed by atoms with Crippen LogP contribution in [0.4, 0.5) is 23.7 Å². The Morgan fingerprint density at radius 1 is 1.11 bits per heavy atom. The predicted octanol–water partition coefficient (Wildman–Crippen LogP) is 4.12. The van der Waals surface area contributed by atoms with Gasteiger partial charge < -0.3 is 15.5 Å². The zero-order valence-corrected chi connectivity index (χ0v) is 20.1. The van der Waals surface area contributed by atoms with Crippen molar-refractivity contribution < 1.29 is 32.3 Å². The summed E-state index contributed by atoms with van der Waals surface area (Å²) in [5, 5.41) is 7.26. The highest BCUT2D eigenvalue weighted by atomic mass is 19.4. The molecule has 2 aromatic carbocycles. The van der Waals surface area contributed by atoms with Crippen molar-refractivity contribution >= 4 is 29.4 Å². The van der Waals surface area contributed by atoms with Crippen LogP contribution in [0, 0.1) is 6.92 Å². The predicted molar refractivity (Wildman–Crippen MR) is 126 cm³/mol. The zero-order chi connectivity index (χ0) is 26.6. The fraction of sp³-hybridized carbons (Fsp3) is 0.360. The third-order valence-electron chi connectivity index (χ3n) is 5.85. The third-order valence-corrected chi connectivity index (χ3v) is 5.85. The van der Waals surface area contributed by atoms with E-state index in [2.05, 4.69) is 16.0 Å². The number of carbonyl (C=O) groups is 4. The second-order valence-electron chi connectivity index (χ2n) is 8.23. The topological polar surface area (TPSA) is 108 Å². The molecule has 8 nitrogen and oxygen atoms in total. The van der Waals surface area contributed by atoms with Crippen molar-refractivity contribution in [2.24, 2.45) is 0 Å². The van der Waals surface area contributed by atoms with Gasteiger partial charge in [0, 0.05) is 30.8 Å². The first kappa shape index (κ1) is 26.7. The van der Waals surface area contributed by atoms with Crippen LogP contribution in [0.2, 0.25) is 0 Å². The molecule has 0 spiro atoms. The number of fused-ring (bicyclic) bond motifs is 1. The first-order valence-electron chi connectivity index (χ1n) is 11.5. The summed E-state index contributed by atoms with van der Waals surface area (Å²) in [6.45, 7) is 5.86. The molecule has 0 aromatic heterocycles. The molecule has 2 aromatic rings. The molecule has 11 heteroatoms. The fourth-order valence-electron chi connectivity index (χ4n) is 4.02. The second kappa shape index (κ2) is 10.8. The molecule has 1 saturated heterocycles. The Bertz CT molecular complexity index is 1200. The molecule has 1 unspecified atom stereocenters. The summed E-state index contributed by atoms with van der Waals surface area (Å²) in [5.74, 6) is -1.17. The maximum Gasteiger partial charge on any atom is 0.416 e. The Morgan fingerprint density at radius 3 is 2.50 bits per heavy atom. The number of rotatable bonds is 4.